The molecule has 20 heavy (non-hydrogen) atoms. The zero-order chi connectivity index (χ0) is 14.1. The van der Waals surface area contributed by atoms with Gasteiger partial charge >= 0.3 is 0 Å². The number of nitrogens with zero attached hydrogens (tertiary/aromatic N) is 4. The number of carbonyl (C=O) groups is 1. The molecule has 1 aromatic carbocycles. The predicted molar refractivity (Wildman–Crippen MR) is 74.8 cm³/mol. The summed E-state index contributed by atoms with van der Waals surface area (Å²) in [7, 11) is 0. The Morgan fingerprint density at radius 1 is 1.40 bits per heavy atom. The highest BCUT2D eigenvalue weighted by molar-refractivity contribution is 6.20. The van der Waals surface area contributed by atoms with Crippen LogP contribution in [0.1, 0.15) is 13.8 Å². The maximum absolute atomic E-state index is 12.3. The molecule has 2 aliphatic heterocycles. The van der Waals surface area contributed by atoms with Gasteiger partial charge in [0.05, 0.1) is 5.36 Å². The Morgan fingerprint density at radius 3 is 3.00 bits per heavy atom. The molecule has 0 spiro atoms. The van der Waals surface area contributed by atoms with Crippen LogP contribution in [-0.4, -0.2) is 29.3 Å². The van der Waals surface area contributed by atoms with E-state index in [2.05, 4.69) is 25.9 Å². The lowest BCUT2D eigenvalue weighted by atomic mass is 10.1. The minimum absolute atomic E-state index is 0.207. The Bertz CT molecular complexity index is 735. The molecule has 1 aromatic rings. The molecule has 1 fully saturated rings. The van der Waals surface area contributed by atoms with Gasteiger partial charge in [0.1, 0.15) is 11.9 Å². The summed E-state index contributed by atoms with van der Waals surface area (Å²) in [6, 6.07) is 7.56. The number of hydrogen-bond acceptors (Lipinski definition) is 5. The Hall–Kier alpha value is -2.70. The van der Waals surface area contributed by atoms with Crippen molar-refractivity contribution in [3.8, 4) is 0 Å². The maximum atomic E-state index is 12.3. The van der Waals surface area contributed by atoms with Gasteiger partial charge in [-0.2, -0.15) is 5.10 Å². The summed E-state index contributed by atoms with van der Waals surface area (Å²) in [5.74, 6) is 0.0706. The van der Waals surface area contributed by atoms with E-state index in [0.29, 0.717) is 11.7 Å². The van der Waals surface area contributed by atoms with Crippen LogP contribution in [-0.2, 0) is 4.79 Å². The maximum Gasteiger partial charge on any atom is 0.276 e. The van der Waals surface area contributed by atoms with Crippen molar-refractivity contribution in [3.05, 3.63) is 34.8 Å². The molecule has 0 saturated carbocycles. The van der Waals surface area contributed by atoms with E-state index in [-0.39, 0.29) is 12.1 Å². The first kappa shape index (κ1) is 12.3. The highest BCUT2D eigenvalue weighted by Crippen LogP contribution is 2.12. The number of fused-ring (bicyclic) bond motifs is 2. The largest absolute Gasteiger partial charge is 0.288 e. The minimum Gasteiger partial charge on any atom is -0.288 e. The van der Waals surface area contributed by atoms with Gasteiger partial charge in [0.15, 0.2) is 0 Å². The zero-order valence-electron chi connectivity index (χ0n) is 11.2. The summed E-state index contributed by atoms with van der Waals surface area (Å²) >= 11 is 0. The Morgan fingerprint density at radius 2 is 2.20 bits per heavy atom. The van der Waals surface area contributed by atoms with E-state index < -0.39 is 0 Å². The van der Waals surface area contributed by atoms with E-state index in [0.717, 1.165) is 10.6 Å². The van der Waals surface area contributed by atoms with Crippen LogP contribution < -0.4 is 21.3 Å². The zero-order valence-corrected chi connectivity index (χ0v) is 11.2. The first-order chi connectivity index (χ1) is 9.70. The molecule has 102 valence electrons. The third-order valence-electron chi connectivity index (χ3n) is 3.05. The van der Waals surface area contributed by atoms with Crippen LogP contribution in [0.15, 0.2) is 39.5 Å². The fourth-order valence-electron chi connectivity index (χ4n) is 2.21. The molecule has 0 unspecified atom stereocenters. The van der Waals surface area contributed by atoms with Crippen LogP contribution in [0.2, 0.25) is 0 Å². The van der Waals surface area contributed by atoms with E-state index in [1.165, 1.54) is 0 Å². The van der Waals surface area contributed by atoms with Crippen molar-refractivity contribution in [1.82, 2.24) is 15.8 Å². The number of para-hydroxylation sites is 1. The second kappa shape index (κ2) is 4.76. The fraction of sp³-hybridized carbons (Fsp3) is 0.231. The van der Waals surface area contributed by atoms with E-state index >= 15 is 0 Å². The SMILES string of the molecule is C/C=N\N=C1NC(=O)C2=c3ccccc3=N[C@@H](C)N2N1. The monoisotopic (exact) mass is 270 g/mol. The van der Waals surface area contributed by atoms with Crippen molar-refractivity contribution in [2.45, 2.75) is 20.0 Å². The lowest BCUT2D eigenvalue weighted by Crippen LogP contribution is -2.63. The van der Waals surface area contributed by atoms with Crippen molar-refractivity contribution in [1.29, 1.82) is 0 Å². The van der Waals surface area contributed by atoms with Crippen molar-refractivity contribution >= 4 is 23.8 Å². The van der Waals surface area contributed by atoms with Crippen molar-refractivity contribution in [2.75, 3.05) is 0 Å². The number of rotatable bonds is 1. The quantitative estimate of drug-likeness (QED) is 0.511. The third-order valence-corrected chi connectivity index (χ3v) is 3.05. The first-order valence-corrected chi connectivity index (χ1v) is 6.31. The molecule has 2 aliphatic rings. The molecular formula is C13H14N6O. The van der Waals surface area contributed by atoms with E-state index in [4.69, 9.17) is 0 Å². The molecule has 0 aromatic heterocycles. The van der Waals surface area contributed by atoms with Crippen LogP contribution in [0.5, 0.6) is 0 Å². The highest BCUT2D eigenvalue weighted by Gasteiger charge is 2.32. The molecule has 0 bridgehead atoms. The Balaban J connectivity index is 2.14. The number of hydrogen-bond donors (Lipinski definition) is 2. The Kier molecular flexibility index (Phi) is 2.94. The number of nitrogens with one attached hydrogen (secondary N) is 2. The van der Waals surface area contributed by atoms with Crippen LogP contribution >= 0.6 is 0 Å². The molecule has 2 heterocycles. The van der Waals surface area contributed by atoms with E-state index in [1.54, 1.807) is 18.1 Å². The molecule has 7 heteroatoms. The van der Waals surface area contributed by atoms with Gasteiger partial charge in [-0.3, -0.25) is 25.5 Å². The summed E-state index contributed by atoms with van der Waals surface area (Å²) in [4.78, 5) is 16.9. The average Bonchev–Trinajstić information content (AvgIpc) is 2.45. The number of amides is 1. The van der Waals surface area contributed by atoms with E-state index in [9.17, 15) is 4.79 Å². The number of carbonyl (C=O) groups excluding carboxylic acids is 1. The van der Waals surface area contributed by atoms with Gasteiger partial charge < -0.3 is 0 Å². The smallest absolute Gasteiger partial charge is 0.276 e. The van der Waals surface area contributed by atoms with Crippen LogP contribution in [0, 0.1) is 0 Å². The second-order valence-corrected chi connectivity index (χ2v) is 4.38. The van der Waals surface area contributed by atoms with Gasteiger partial charge in [-0.25, -0.2) is 0 Å². The van der Waals surface area contributed by atoms with Gasteiger partial charge in [0, 0.05) is 11.4 Å². The topological polar surface area (TPSA) is 81.5 Å². The molecule has 1 atom stereocenters. The minimum atomic E-state index is -0.219. The van der Waals surface area contributed by atoms with Crippen LogP contribution in [0.25, 0.3) is 5.70 Å². The molecule has 0 radical (unpaired) electrons. The van der Waals surface area contributed by atoms with Gasteiger partial charge in [0.25, 0.3) is 5.91 Å². The molecular weight excluding hydrogens is 256 g/mol. The van der Waals surface area contributed by atoms with Crippen molar-refractivity contribution in [3.63, 3.8) is 0 Å². The van der Waals surface area contributed by atoms with Gasteiger partial charge in [-0.05, 0) is 19.9 Å². The molecule has 0 aliphatic carbocycles. The van der Waals surface area contributed by atoms with Gasteiger partial charge in [-0.15, -0.1) is 5.10 Å². The fourth-order valence-corrected chi connectivity index (χ4v) is 2.21. The number of benzene rings is 1. The van der Waals surface area contributed by atoms with Crippen molar-refractivity contribution in [2.24, 2.45) is 15.2 Å². The molecule has 1 saturated heterocycles. The lowest BCUT2D eigenvalue weighted by molar-refractivity contribution is -0.116. The van der Waals surface area contributed by atoms with Gasteiger partial charge in [0.2, 0.25) is 5.96 Å². The predicted octanol–water partition coefficient (Wildman–Crippen LogP) is -0.928. The molecule has 7 nitrogen and oxygen atoms in total. The lowest BCUT2D eigenvalue weighted by Gasteiger charge is -2.36. The van der Waals surface area contributed by atoms with Gasteiger partial charge in [-0.1, -0.05) is 18.2 Å². The van der Waals surface area contributed by atoms with Crippen LogP contribution in [0.3, 0.4) is 0 Å². The average molecular weight is 270 g/mol. The summed E-state index contributed by atoms with van der Waals surface area (Å²) in [6.45, 7) is 3.66. The summed E-state index contributed by atoms with van der Waals surface area (Å²) in [6.07, 6.45) is 1.33. The highest BCUT2D eigenvalue weighted by atomic mass is 16.2. The number of guanidine groups is 1. The van der Waals surface area contributed by atoms with Crippen LogP contribution in [0.4, 0.5) is 0 Å². The molecule has 3 rings (SSSR count). The first-order valence-electron chi connectivity index (χ1n) is 6.31. The summed E-state index contributed by atoms with van der Waals surface area (Å²) in [5.41, 5.74) is 3.56. The number of hydrazine groups is 1. The molecule has 1 amide bonds. The van der Waals surface area contributed by atoms with Crippen molar-refractivity contribution < 1.29 is 4.79 Å². The third kappa shape index (κ3) is 1.93. The standard InChI is InChI=1S/C13H14N6O/c1-3-14-17-13-16-12(20)11-9-6-4-5-7-10(9)15-8(2)19(11)18-13/h3-8H,1-2H3,(H2,16,17,18,20)/b14-3-/t8-/m1/s1. The molecule has 2 N–H and O–H groups in total. The summed E-state index contributed by atoms with van der Waals surface area (Å²) in [5, 5.41) is 13.6. The van der Waals surface area contributed by atoms with E-state index in [1.807, 2.05) is 31.2 Å². The second-order valence-electron chi connectivity index (χ2n) is 4.38. The Labute approximate surface area is 115 Å². The summed E-state index contributed by atoms with van der Waals surface area (Å²) < 4.78 is 0. The normalized spacial score (nSPS) is 23.0.